The van der Waals surface area contributed by atoms with Gasteiger partial charge in [0.15, 0.2) is 6.29 Å². The van der Waals surface area contributed by atoms with Crippen LogP contribution in [0.15, 0.2) is 18.2 Å². The van der Waals surface area contributed by atoms with Gasteiger partial charge in [0.1, 0.15) is 0 Å². The van der Waals surface area contributed by atoms with Crippen molar-refractivity contribution >= 4 is 23.6 Å². The number of anilines is 1. The van der Waals surface area contributed by atoms with Gasteiger partial charge in [-0.1, -0.05) is 13.8 Å². The van der Waals surface area contributed by atoms with Crippen LogP contribution in [0.1, 0.15) is 24.2 Å². The molecule has 114 valence electrons. The van der Waals surface area contributed by atoms with E-state index in [1.807, 2.05) is 13.8 Å². The predicted molar refractivity (Wildman–Crippen MR) is 79.6 cm³/mol. The maximum absolute atomic E-state index is 11.7. The Morgan fingerprint density at radius 1 is 1.48 bits per heavy atom. The first kappa shape index (κ1) is 16.6. The van der Waals surface area contributed by atoms with Gasteiger partial charge in [0.25, 0.3) is 5.69 Å². The number of hydrogen-bond donors (Lipinski definition) is 1. The molecule has 1 aromatic rings. The third kappa shape index (κ3) is 4.87. The van der Waals surface area contributed by atoms with E-state index in [1.54, 1.807) is 11.9 Å². The highest BCUT2D eigenvalue weighted by molar-refractivity contribution is 5.85. The smallest absolute Gasteiger partial charge is 0.280 e. The zero-order valence-electron chi connectivity index (χ0n) is 12.3. The number of likely N-dealkylation sites (N-methyl/N-ethyl adjacent to an activating group) is 1. The maximum Gasteiger partial charge on any atom is 0.280 e. The summed E-state index contributed by atoms with van der Waals surface area (Å²) in [4.78, 5) is 34.4. The molecule has 0 saturated carbocycles. The molecule has 1 amide bonds. The monoisotopic (exact) mass is 293 g/mol. The lowest BCUT2D eigenvalue weighted by Gasteiger charge is -2.19. The SMILES string of the molecule is CC(C)CNC(=O)CN(C)c1ccc([N+](=O)[O-])c(C=O)c1. The second-order valence-electron chi connectivity index (χ2n) is 5.17. The van der Waals surface area contributed by atoms with Crippen LogP contribution in [-0.4, -0.2) is 37.3 Å². The van der Waals surface area contributed by atoms with E-state index >= 15 is 0 Å². The molecule has 7 heteroatoms. The number of hydrogen-bond acceptors (Lipinski definition) is 5. The number of nitrogens with one attached hydrogen (secondary N) is 1. The number of carbonyl (C=O) groups excluding carboxylic acids is 2. The van der Waals surface area contributed by atoms with Crippen LogP contribution in [0.25, 0.3) is 0 Å². The average Bonchev–Trinajstić information content (AvgIpc) is 2.44. The van der Waals surface area contributed by atoms with Crippen LogP contribution in [0.5, 0.6) is 0 Å². The van der Waals surface area contributed by atoms with Crippen molar-refractivity contribution in [3.63, 3.8) is 0 Å². The van der Waals surface area contributed by atoms with Crippen molar-refractivity contribution < 1.29 is 14.5 Å². The van der Waals surface area contributed by atoms with Gasteiger partial charge in [-0.25, -0.2) is 0 Å². The van der Waals surface area contributed by atoms with Gasteiger partial charge in [-0.2, -0.15) is 0 Å². The van der Waals surface area contributed by atoms with Crippen molar-refractivity contribution in [3.05, 3.63) is 33.9 Å². The Bertz CT molecular complexity index is 543. The van der Waals surface area contributed by atoms with E-state index in [0.29, 0.717) is 24.4 Å². The van der Waals surface area contributed by atoms with Gasteiger partial charge in [0.2, 0.25) is 5.91 Å². The molecule has 7 nitrogen and oxygen atoms in total. The highest BCUT2D eigenvalue weighted by Gasteiger charge is 2.15. The second kappa shape index (κ2) is 7.37. The van der Waals surface area contributed by atoms with Crippen molar-refractivity contribution in [1.82, 2.24) is 5.32 Å². The number of aldehydes is 1. The van der Waals surface area contributed by atoms with Crippen LogP contribution in [0.4, 0.5) is 11.4 Å². The highest BCUT2D eigenvalue weighted by Crippen LogP contribution is 2.22. The van der Waals surface area contributed by atoms with E-state index in [-0.39, 0.29) is 23.7 Å². The Labute approximate surface area is 123 Å². The van der Waals surface area contributed by atoms with Gasteiger partial charge in [0.05, 0.1) is 17.0 Å². The molecule has 0 saturated heterocycles. The lowest BCUT2D eigenvalue weighted by Crippen LogP contribution is -2.36. The molecular formula is C14H19N3O4. The third-order valence-corrected chi connectivity index (χ3v) is 2.86. The van der Waals surface area contributed by atoms with Crippen LogP contribution in [0, 0.1) is 16.0 Å². The minimum atomic E-state index is -0.608. The van der Waals surface area contributed by atoms with E-state index in [2.05, 4.69) is 5.32 Å². The molecule has 0 spiro atoms. The molecule has 0 aliphatic rings. The van der Waals surface area contributed by atoms with E-state index < -0.39 is 4.92 Å². The van der Waals surface area contributed by atoms with E-state index in [9.17, 15) is 19.7 Å². The molecule has 1 aromatic carbocycles. The average molecular weight is 293 g/mol. The summed E-state index contributed by atoms with van der Waals surface area (Å²) in [5.41, 5.74) is 0.320. The van der Waals surface area contributed by atoms with Crippen LogP contribution >= 0.6 is 0 Å². The molecule has 0 atom stereocenters. The number of benzene rings is 1. The standard InChI is InChI=1S/C14H19N3O4/c1-10(2)7-15-14(19)8-16(3)12-4-5-13(17(20)21)11(6-12)9-18/h4-6,9-10H,7-8H2,1-3H3,(H,15,19). The zero-order valence-corrected chi connectivity index (χ0v) is 12.3. The Kier molecular flexibility index (Phi) is 5.83. The maximum atomic E-state index is 11.7. The van der Waals surface area contributed by atoms with Gasteiger partial charge < -0.3 is 10.2 Å². The number of nitro benzene ring substituents is 1. The molecule has 0 fully saturated rings. The summed E-state index contributed by atoms with van der Waals surface area (Å²) in [6.07, 6.45) is 0.439. The van der Waals surface area contributed by atoms with Crippen LogP contribution in [0.3, 0.4) is 0 Å². The van der Waals surface area contributed by atoms with Crippen molar-refractivity contribution in [1.29, 1.82) is 0 Å². The molecule has 0 aliphatic carbocycles. The van der Waals surface area contributed by atoms with Crippen molar-refractivity contribution in [2.24, 2.45) is 5.92 Å². The minimum absolute atomic E-state index is 0.00746. The molecule has 0 heterocycles. The summed E-state index contributed by atoms with van der Waals surface area (Å²) in [6, 6.07) is 4.18. The van der Waals surface area contributed by atoms with Gasteiger partial charge in [-0.15, -0.1) is 0 Å². The first-order chi connectivity index (χ1) is 9.85. The molecule has 0 aliphatic heterocycles. The fraction of sp³-hybridized carbons (Fsp3) is 0.429. The van der Waals surface area contributed by atoms with Crippen molar-refractivity contribution in [2.75, 3.05) is 25.0 Å². The summed E-state index contributed by atoms with van der Waals surface area (Å²) in [7, 11) is 1.69. The molecule has 0 aromatic heterocycles. The zero-order chi connectivity index (χ0) is 16.0. The number of nitro groups is 1. The van der Waals surface area contributed by atoms with E-state index in [0.717, 1.165) is 0 Å². The predicted octanol–water partition coefficient (Wildman–Crippen LogP) is 1.62. The van der Waals surface area contributed by atoms with Crippen LogP contribution in [-0.2, 0) is 4.79 Å². The highest BCUT2D eigenvalue weighted by atomic mass is 16.6. The molecule has 21 heavy (non-hydrogen) atoms. The molecule has 1 rings (SSSR count). The molecule has 0 radical (unpaired) electrons. The topological polar surface area (TPSA) is 92.6 Å². The first-order valence-corrected chi connectivity index (χ1v) is 6.56. The van der Waals surface area contributed by atoms with Gasteiger partial charge >= 0.3 is 0 Å². The Morgan fingerprint density at radius 3 is 2.67 bits per heavy atom. The number of carbonyl (C=O) groups is 2. The van der Waals surface area contributed by atoms with Gasteiger partial charge in [-0.3, -0.25) is 19.7 Å². The van der Waals surface area contributed by atoms with Crippen LogP contribution < -0.4 is 10.2 Å². The number of amides is 1. The number of nitrogens with zero attached hydrogens (tertiary/aromatic N) is 2. The largest absolute Gasteiger partial charge is 0.365 e. The molecule has 1 N–H and O–H groups in total. The van der Waals surface area contributed by atoms with E-state index in [1.165, 1.54) is 18.2 Å². The summed E-state index contributed by atoms with van der Waals surface area (Å²) >= 11 is 0. The molecule has 0 bridgehead atoms. The summed E-state index contributed by atoms with van der Waals surface area (Å²) < 4.78 is 0. The van der Waals surface area contributed by atoms with Crippen LogP contribution in [0.2, 0.25) is 0 Å². The molecule has 0 unspecified atom stereocenters. The van der Waals surface area contributed by atoms with Crippen molar-refractivity contribution in [2.45, 2.75) is 13.8 Å². The first-order valence-electron chi connectivity index (χ1n) is 6.56. The van der Waals surface area contributed by atoms with Crippen molar-refractivity contribution in [3.8, 4) is 0 Å². The lowest BCUT2D eigenvalue weighted by atomic mass is 10.1. The lowest BCUT2D eigenvalue weighted by molar-refractivity contribution is -0.385. The Hall–Kier alpha value is -2.44. The van der Waals surface area contributed by atoms with Gasteiger partial charge in [-0.05, 0) is 18.1 Å². The fourth-order valence-electron chi connectivity index (χ4n) is 1.72. The van der Waals surface area contributed by atoms with Gasteiger partial charge in [0, 0.05) is 25.3 Å². The Morgan fingerprint density at radius 2 is 2.14 bits per heavy atom. The second-order valence-corrected chi connectivity index (χ2v) is 5.17. The summed E-state index contributed by atoms with van der Waals surface area (Å²) in [6.45, 7) is 4.70. The number of rotatable bonds is 7. The third-order valence-electron chi connectivity index (χ3n) is 2.86. The molecular weight excluding hydrogens is 274 g/mol. The normalized spacial score (nSPS) is 10.3. The summed E-state index contributed by atoms with van der Waals surface area (Å²) in [5, 5.41) is 13.5. The van der Waals surface area contributed by atoms with E-state index in [4.69, 9.17) is 0 Å². The summed E-state index contributed by atoms with van der Waals surface area (Å²) in [5.74, 6) is 0.220. The minimum Gasteiger partial charge on any atom is -0.365 e. The fourth-order valence-corrected chi connectivity index (χ4v) is 1.72. The quantitative estimate of drug-likeness (QED) is 0.468. The Balaban J connectivity index is 2.79.